The fourth-order valence-corrected chi connectivity index (χ4v) is 2.64. The maximum absolute atomic E-state index is 11.2. The Bertz CT molecular complexity index is 342. The summed E-state index contributed by atoms with van der Waals surface area (Å²) in [7, 11) is 0. The third-order valence-corrected chi connectivity index (χ3v) is 4.16. The lowest BCUT2D eigenvalue weighted by molar-refractivity contribution is -0.139. The van der Waals surface area contributed by atoms with E-state index in [1.165, 1.54) is 64.2 Å². The number of rotatable bonds is 16. The van der Waals surface area contributed by atoms with Crippen molar-refractivity contribution >= 4 is 5.97 Å². The molecule has 0 N–H and O–H groups in total. The molecule has 0 rings (SSSR count). The van der Waals surface area contributed by atoms with Crippen molar-refractivity contribution in [1.82, 2.24) is 0 Å². The first-order valence-corrected chi connectivity index (χ1v) is 10.3. The first-order chi connectivity index (χ1) is 11.8. The molecule has 25 heavy (non-hydrogen) atoms. The second-order valence-corrected chi connectivity index (χ2v) is 8.12. The molecule has 3 nitrogen and oxygen atoms in total. The van der Waals surface area contributed by atoms with Crippen LogP contribution in [0.2, 0.25) is 0 Å². The van der Waals surface area contributed by atoms with Gasteiger partial charge in [-0.2, -0.15) is 0 Å². The van der Waals surface area contributed by atoms with Crippen molar-refractivity contribution in [2.45, 2.75) is 110 Å². The first kappa shape index (κ1) is 24.2. The summed E-state index contributed by atoms with van der Waals surface area (Å²) in [5.74, 6) is -0.262. The van der Waals surface area contributed by atoms with Gasteiger partial charge in [0.15, 0.2) is 0 Å². The molecule has 3 heteroatoms. The van der Waals surface area contributed by atoms with Crippen LogP contribution in [0.5, 0.6) is 0 Å². The first-order valence-electron chi connectivity index (χ1n) is 10.3. The van der Waals surface area contributed by atoms with Gasteiger partial charge in [-0.3, -0.25) is 0 Å². The highest BCUT2D eigenvalue weighted by atomic mass is 16.5. The fraction of sp³-hybridized carbons (Fsp3) is 0.864. The number of ether oxygens (including phenoxy) is 2. The highest BCUT2D eigenvalue weighted by Gasteiger charge is 2.08. The van der Waals surface area contributed by atoms with Crippen LogP contribution in [-0.4, -0.2) is 24.8 Å². The molecule has 0 aliphatic heterocycles. The Morgan fingerprint density at radius 2 is 1.08 bits per heavy atom. The van der Waals surface area contributed by atoms with Crippen LogP contribution < -0.4 is 0 Å². The van der Waals surface area contributed by atoms with Crippen molar-refractivity contribution < 1.29 is 14.3 Å². The predicted octanol–water partition coefficient (Wildman–Crippen LogP) is 6.60. The summed E-state index contributed by atoms with van der Waals surface area (Å²) < 4.78 is 10.8. The summed E-state index contributed by atoms with van der Waals surface area (Å²) in [6, 6.07) is 0. The Morgan fingerprint density at radius 3 is 1.44 bits per heavy atom. The quantitative estimate of drug-likeness (QED) is 0.178. The molecule has 0 spiro atoms. The molecule has 0 aromatic carbocycles. The molecule has 0 aliphatic carbocycles. The van der Waals surface area contributed by atoms with E-state index in [0.717, 1.165) is 19.4 Å². The molecular formula is C22H42O3. The van der Waals surface area contributed by atoms with Crippen molar-refractivity contribution in [2.75, 3.05) is 13.2 Å². The highest BCUT2D eigenvalue weighted by molar-refractivity contribution is 5.86. The third-order valence-electron chi connectivity index (χ3n) is 4.16. The number of hydrogen-bond donors (Lipinski definition) is 0. The van der Waals surface area contributed by atoms with E-state index in [1.807, 2.05) is 0 Å². The Kier molecular flexibility index (Phi) is 14.9. The molecule has 0 amide bonds. The van der Waals surface area contributed by atoms with E-state index in [9.17, 15) is 4.79 Å². The molecule has 0 saturated carbocycles. The van der Waals surface area contributed by atoms with Crippen LogP contribution in [-0.2, 0) is 14.3 Å². The van der Waals surface area contributed by atoms with E-state index in [4.69, 9.17) is 9.47 Å². The molecule has 0 bridgehead atoms. The van der Waals surface area contributed by atoms with E-state index in [-0.39, 0.29) is 11.6 Å². The Balaban J connectivity index is 3.12. The minimum atomic E-state index is -0.262. The zero-order valence-electron chi connectivity index (χ0n) is 17.3. The molecule has 148 valence electrons. The zero-order valence-corrected chi connectivity index (χ0v) is 17.3. The number of carbonyl (C=O) groups excluding carboxylic acids is 1. The van der Waals surface area contributed by atoms with Gasteiger partial charge in [0.2, 0.25) is 0 Å². The van der Waals surface area contributed by atoms with E-state index >= 15 is 0 Å². The number of hydrogen-bond acceptors (Lipinski definition) is 3. The average Bonchev–Trinajstić information content (AvgIpc) is 2.53. The third kappa shape index (κ3) is 19.3. The van der Waals surface area contributed by atoms with Gasteiger partial charge in [0.25, 0.3) is 0 Å². The van der Waals surface area contributed by atoms with Gasteiger partial charge < -0.3 is 9.47 Å². The standard InChI is InChI=1S/C22H42O3/c1-20(2)21(23)24-18-16-14-12-10-8-6-7-9-11-13-15-17-19-25-22(3,4)5/h1,6-19H2,2-5H3. The lowest BCUT2D eigenvalue weighted by Crippen LogP contribution is -2.19. The van der Waals surface area contributed by atoms with Gasteiger partial charge in [0.1, 0.15) is 0 Å². The van der Waals surface area contributed by atoms with E-state index in [1.54, 1.807) is 6.92 Å². The molecule has 0 heterocycles. The monoisotopic (exact) mass is 354 g/mol. The van der Waals surface area contributed by atoms with Crippen LogP contribution in [0.3, 0.4) is 0 Å². The zero-order chi connectivity index (χ0) is 19.0. The van der Waals surface area contributed by atoms with Crippen molar-refractivity contribution in [2.24, 2.45) is 0 Å². The van der Waals surface area contributed by atoms with Crippen LogP contribution in [0.25, 0.3) is 0 Å². The Labute approximate surface area is 156 Å². The van der Waals surface area contributed by atoms with Crippen LogP contribution in [0.15, 0.2) is 12.2 Å². The van der Waals surface area contributed by atoms with Gasteiger partial charge in [-0.25, -0.2) is 4.79 Å². The summed E-state index contributed by atoms with van der Waals surface area (Å²) >= 11 is 0. The topological polar surface area (TPSA) is 35.5 Å². The summed E-state index contributed by atoms with van der Waals surface area (Å²) in [6.07, 6.45) is 15.3. The minimum Gasteiger partial charge on any atom is -0.462 e. The SMILES string of the molecule is C=C(C)C(=O)OCCCCCCCCCCCCCCOC(C)(C)C. The molecule has 0 aliphatic rings. The van der Waals surface area contributed by atoms with E-state index < -0.39 is 0 Å². The van der Waals surface area contributed by atoms with Crippen molar-refractivity contribution in [1.29, 1.82) is 0 Å². The molecule has 0 aromatic rings. The molecule has 0 radical (unpaired) electrons. The molecule has 0 aromatic heterocycles. The molecule has 0 fully saturated rings. The van der Waals surface area contributed by atoms with Gasteiger partial charge in [0, 0.05) is 12.2 Å². The largest absolute Gasteiger partial charge is 0.462 e. The van der Waals surface area contributed by atoms with Gasteiger partial charge in [-0.05, 0) is 40.5 Å². The van der Waals surface area contributed by atoms with E-state index in [0.29, 0.717) is 12.2 Å². The smallest absolute Gasteiger partial charge is 0.333 e. The van der Waals surface area contributed by atoms with Crippen LogP contribution in [0.4, 0.5) is 0 Å². The maximum Gasteiger partial charge on any atom is 0.333 e. The molecule has 0 unspecified atom stereocenters. The second-order valence-electron chi connectivity index (χ2n) is 8.12. The van der Waals surface area contributed by atoms with Crippen molar-refractivity contribution in [3.63, 3.8) is 0 Å². The summed E-state index contributed by atoms with van der Waals surface area (Å²) in [5.41, 5.74) is 0.493. The predicted molar refractivity (Wildman–Crippen MR) is 107 cm³/mol. The average molecular weight is 355 g/mol. The molecule has 0 saturated heterocycles. The van der Waals surface area contributed by atoms with Crippen molar-refractivity contribution in [3.8, 4) is 0 Å². The number of esters is 1. The highest BCUT2D eigenvalue weighted by Crippen LogP contribution is 2.13. The maximum atomic E-state index is 11.2. The summed E-state index contributed by atoms with van der Waals surface area (Å²) in [4.78, 5) is 11.2. The Hall–Kier alpha value is -0.830. The lowest BCUT2D eigenvalue weighted by atomic mass is 10.1. The second kappa shape index (κ2) is 15.4. The summed E-state index contributed by atoms with van der Waals surface area (Å²) in [6.45, 7) is 13.0. The van der Waals surface area contributed by atoms with Gasteiger partial charge >= 0.3 is 5.97 Å². The number of carbonyl (C=O) groups is 1. The van der Waals surface area contributed by atoms with Crippen LogP contribution in [0, 0.1) is 0 Å². The normalized spacial score (nSPS) is 11.5. The van der Waals surface area contributed by atoms with Gasteiger partial charge in [-0.1, -0.05) is 70.8 Å². The number of unbranched alkanes of at least 4 members (excludes halogenated alkanes) is 11. The summed E-state index contributed by atoms with van der Waals surface area (Å²) in [5, 5.41) is 0. The van der Waals surface area contributed by atoms with E-state index in [2.05, 4.69) is 27.4 Å². The molecular weight excluding hydrogens is 312 g/mol. The Morgan fingerprint density at radius 1 is 0.720 bits per heavy atom. The van der Waals surface area contributed by atoms with Crippen LogP contribution >= 0.6 is 0 Å². The van der Waals surface area contributed by atoms with Crippen molar-refractivity contribution in [3.05, 3.63) is 12.2 Å². The minimum absolute atomic E-state index is 0.00901. The molecule has 0 atom stereocenters. The van der Waals surface area contributed by atoms with Gasteiger partial charge in [-0.15, -0.1) is 0 Å². The fourth-order valence-electron chi connectivity index (χ4n) is 2.64. The lowest BCUT2D eigenvalue weighted by Gasteiger charge is -2.19. The van der Waals surface area contributed by atoms with Crippen LogP contribution in [0.1, 0.15) is 105 Å². The van der Waals surface area contributed by atoms with Gasteiger partial charge in [0.05, 0.1) is 12.2 Å².